The van der Waals surface area contributed by atoms with Crippen LogP contribution in [0, 0.1) is 0 Å². The second-order valence-electron chi connectivity index (χ2n) is 13.5. The highest BCUT2D eigenvalue weighted by atomic mass is 32.2. The summed E-state index contributed by atoms with van der Waals surface area (Å²) in [5, 5.41) is 11.0. The molecule has 1 aromatic heterocycles. The van der Waals surface area contributed by atoms with Gasteiger partial charge in [0.05, 0.1) is 11.7 Å². The van der Waals surface area contributed by atoms with Crippen molar-refractivity contribution in [2.24, 2.45) is 4.99 Å². The molecule has 8 aromatic carbocycles. The predicted molar refractivity (Wildman–Crippen MR) is 218 cm³/mol. The van der Waals surface area contributed by atoms with E-state index in [0.717, 1.165) is 50.2 Å². The number of benzene rings is 8. The number of aliphatic imine (C=N–C) groups is 1. The van der Waals surface area contributed by atoms with Crippen LogP contribution in [0.25, 0.3) is 71.4 Å². The Balaban J connectivity index is 1.08. The molecule has 0 amide bonds. The number of hydrogen-bond acceptors (Lipinski definition) is 4. The number of amidine groups is 1. The van der Waals surface area contributed by atoms with Crippen molar-refractivity contribution < 1.29 is 4.42 Å². The van der Waals surface area contributed by atoms with Gasteiger partial charge in [0.25, 0.3) is 0 Å². The lowest BCUT2D eigenvalue weighted by Gasteiger charge is -2.25. The standard InChI is InChI=1S/C48H30N2OS/c1-2-11-29(12-3-1)30-21-23-31(24-22-30)48-49-45-38-17-8-9-20-43(38)52-47(45)46(50-48)39-18-10-19-41-44(39)37-26-25-33(28-42(37)51-41)40-27-32-13-4-5-14-34(32)35-15-6-7-16-36(35)40/h1-28,45H,(H,49,50). The van der Waals surface area contributed by atoms with E-state index < -0.39 is 0 Å². The number of furan rings is 1. The summed E-state index contributed by atoms with van der Waals surface area (Å²) in [6, 6.07) is 60.7. The SMILES string of the molecule is c1ccc(-c2ccc(C3=NC(c4cccc5oc6cc(-c7cc8ccccc8c8ccccc78)ccc6c45)=C4Sc5ccccc5C4N3)cc2)cc1. The maximum atomic E-state index is 6.69. The molecule has 0 saturated carbocycles. The average Bonchev–Trinajstić information content (AvgIpc) is 3.79. The summed E-state index contributed by atoms with van der Waals surface area (Å²) in [7, 11) is 0. The van der Waals surface area contributed by atoms with Crippen LogP contribution < -0.4 is 5.32 Å². The lowest BCUT2D eigenvalue weighted by Crippen LogP contribution is -2.32. The Morgan fingerprint density at radius 1 is 0.500 bits per heavy atom. The highest BCUT2D eigenvalue weighted by molar-refractivity contribution is 8.03. The third-order valence-electron chi connectivity index (χ3n) is 10.5. The second kappa shape index (κ2) is 11.6. The topological polar surface area (TPSA) is 37.5 Å². The van der Waals surface area contributed by atoms with Crippen molar-refractivity contribution in [3.63, 3.8) is 0 Å². The van der Waals surface area contributed by atoms with E-state index in [9.17, 15) is 0 Å². The van der Waals surface area contributed by atoms with Crippen LogP contribution in [0.2, 0.25) is 0 Å². The van der Waals surface area contributed by atoms with Crippen molar-refractivity contribution in [3.05, 3.63) is 191 Å². The Bertz CT molecular complexity index is 2960. The van der Waals surface area contributed by atoms with E-state index in [4.69, 9.17) is 9.41 Å². The number of thioether (sulfide) groups is 1. The molecule has 3 nitrogen and oxygen atoms in total. The summed E-state index contributed by atoms with van der Waals surface area (Å²) in [5.74, 6) is 0.871. The molecule has 11 rings (SSSR count). The highest BCUT2D eigenvalue weighted by Crippen LogP contribution is 2.53. The number of nitrogens with zero attached hydrogens (tertiary/aromatic N) is 1. The first-order chi connectivity index (χ1) is 25.8. The van der Waals surface area contributed by atoms with Gasteiger partial charge < -0.3 is 9.73 Å². The van der Waals surface area contributed by atoms with Crippen molar-refractivity contribution in [2.75, 3.05) is 0 Å². The first-order valence-corrected chi connectivity index (χ1v) is 18.5. The molecule has 0 radical (unpaired) electrons. The fraction of sp³-hybridized carbons (Fsp3) is 0.0208. The zero-order valence-corrected chi connectivity index (χ0v) is 28.8. The molecule has 2 aliphatic rings. The lowest BCUT2D eigenvalue weighted by molar-refractivity contribution is 0.669. The quantitative estimate of drug-likeness (QED) is 0.188. The third-order valence-corrected chi connectivity index (χ3v) is 11.8. The van der Waals surface area contributed by atoms with Gasteiger partial charge in [-0.1, -0.05) is 151 Å². The molecule has 1 N–H and O–H groups in total. The van der Waals surface area contributed by atoms with Crippen molar-refractivity contribution in [1.29, 1.82) is 0 Å². The Hall–Kier alpha value is -6.36. The molecule has 1 atom stereocenters. The summed E-state index contributed by atoms with van der Waals surface area (Å²) in [4.78, 5) is 7.92. The van der Waals surface area contributed by atoms with E-state index in [0.29, 0.717) is 0 Å². The molecule has 0 fully saturated rings. The van der Waals surface area contributed by atoms with Crippen molar-refractivity contribution in [1.82, 2.24) is 5.32 Å². The van der Waals surface area contributed by atoms with Crippen LogP contribution in [-0.2, 0) is 0 Å². The van der Waals surface area contributed by atoms with Gasteiger partial charge in [-0.25, -0.2) is 4.99 Å². The van der Waals surface area contributed by atoms with E-state index >= 15 is 0 Å². The van der Waals surface area contributed by atoms with E-state index in [1.165, 1.54) is 53.6 Å². The number of nitrogens with one attached hydrogen (secondary N) is 1. The molecule has 0 aliphatic carbocycles. The lowest BCUT2D eigenvalue weighted by atomic mass is 9.92. The minimum absolute atomic E-state index is 0.0127. The molecule has 3 heterocycles. The van der Waals surface area contributed by atoms with Crippen LogP contribution in [-0.4, -0.2) is 5.84 Å². The first-order valence-electron chi connectivity index (χ1n) is 17.7. The number of hydrogen-bond donors (Lipinski definition) is 1. The molecule has 4 heteroatoms. The van der Waals surface area contributed by atoms with Gasteiger partial charge in [0.2, 0.25) is 0 Å². The van der Waals surface area contributed by atoms with Gasteiger partial charge in [0, 0.05) is 31.7 Å². The largest absolute Gasteiger partial charge is 0.456 e. The normalized spacial score (nSPS) is 15.2. The molecule has 0 saturated heterocycles. The summed E-state index contributed by atoms with van der Waals surface area (Å²) in [6.07, 6.45) is 0. The number of fused-ring (bicyclic) bond motifs is 9. The minimum Gasteiger partial charge on any atom is -0.456 e. The monoisotopic (exact) mass is 682 g/mol. The van der Waals surface area contributed by atoms with Crippen LogP contribution >= 0.6 is 11.8 Å². The summed E-state index contributed by atoms with van der Waals surface area (Å²) in [6.45, 7) is 0. The fourth-order valence-corrected chi connectivity index (χ4v) is 9.31. The first kappa shape index (κ1) is 29.4. The summed E-state index contributed by atoms with van der Waals surface area (Å²) in [5.41, 5.74) is 10.9. The molecule has 1 unspecified atom stereocenters. The van der Waals surface area contributed by atoms with Crippen LogP contribution in [0.1, 0.15) is 22.7 Å². The molecule has 0 spiro atoms. The van der Waals surface area contributed by atoms with E-state index in [-0.39, 0.29) is 6.04 Å². The van der Waals surface area contributed by atoms with Gasteiger partial charge >= 0.3 is 0 Å². The van der Waals surface area contributed by atoms with Crippen LogP contribution in [0.4, 0.5) is 0 Å². The Morgan fingerprint density at radius 3 is 2.10 bits per heavy atom. The molecule has 2 aliphatic heterocycles. The zero-order chi connectivity index (χ0) is 34.2. The summed E-state index contributed by atoms with van der Waals surface area (Å²) >= 11 is 1.82. The highest BCUT2D eigenvalue weighted by Gasteiger charge is 2.35. The van der Waals surface area contributed by atoms with E-state index in [2.05, 4.69) is 175 Å². The predicted octanol–water partition coefficient (Wildman–Crippen LogP) is 12.8. The Kier molecular flexibility index (Phi) is 6.55. The maximum absolute atomic E-state index is 6.69. The Labute approximate surface area is 305 Å². The van der Waals surface area contributed by atoms with E-state index in [1.807, 2.05) is 11.8 Å². The summed E-state index contributed by atoms with van der Waals surface area (Å²) < 4.78 is 6.69. The third kappa shape index (κ3) is 4.58. The number of rotatable bonds is 4. The smallest absolute Gasteiger partial charge is 0.136 e. The zero-order valence-electron chi connectivity index (χ0n) is 28.0. The van der Waals surface area contributed by atoms with Crippen molar-refractivity contribution in [2.45, 2.75) is 10.9 Å². The Morgan fingerprint density at radius 2 is 1.21 bits per heavy atom. The second-order valence-corrected chi connectivity index (χ2v) is 14.6. The van der Waals surface area contributed by atoms with Crippen LogP contribution in [0.15, 0.2) is 189 Å². The maximum Gasteiger partial charge on any atom is 0.136 e. The molecule has 9 aromatic rings. The van der Waals surface area contributed by atoms with Crippen molar-refractivity contribution >= 4 is 66.8 Å². The van der Waals surface area contributed by atoms with Crippen LogP contribution in [0.5, 0.6) is 0 Å². The van der Waals surface area contributed by atoms with Gasteiger partial charge in [-0.15, -0.1) is 0 Å². The van der Waals surface area contributed by atoms with Gasteiger partial charge in [0.15, 0.2) is 0 Å². The van der Waals surface area contributed by atoms with E-state index in [1.54, 1.807) is 0 Å². The molecular formula is C48H30N2OS. The van der Waals surface area contributed by atoms with Crippen LogP contribution in [0.3, 0.4) is 0 Å². The van der Waals surface area contributed by atoms with Crippen molar-refractivity contribution in [3.8, 4) is 22.3 Å². The molecule has 0 bridgehead atoms. The van der Waals surface area contributed by atoms with Gasteiger partial charge in [-0.2, -0.15) is 0 Å². The van der Waals surface area contributed by atoms with Gasteiger partial charge in [0.1, 0.15) is 17.0 Å². The molecular weight excluding hydrogens is 653 g/mol. The average molecular weight is 683 g/mol. The minimum atomic E-state index is 0.0127. The molecule has 52 heavy (non-hydrogen) atoms. The molecule has 244 valence electrons. The van der Waals surface area contributed by atoms with Gasteiger partial charge in [-0.3, -0.25) is 0 Å². The fourth-order valence-electron chi connectivity index (χ4n) is 8.07. The van der Waals surface area contributed by atoms with Gasteiger partial charge in [-0.05, 0) is 79.7 Å².